The highest BCUT2D eigenvalue weighted by molar-refractivity contribution is 5.91. The van der Waals surface area contributed by atoms with Gasteiger partial charge in [-0.15, -0.1) is 0 Å². The summed E-state index contributed by atoms with van der Waals surface area (Å²) in [6, 6.07) is 23.5. The van der Waals surface area contributed by atoms with Crippen LogP contribution in [0.3, 0.4) is 0 Å². The zero-order valence-corrected chi connectivity index (χ0v) is 21.1. The molecule has 5 rings (SSSR count). The topological polar surface area (TPSA) is 93.6 Å². The van der Waals surface area contributed by atoms with Gasteiger partial charge in [-0.1, -0.05) is 38.1 Å². The Kier molecular flexibility index (Phi) is 7.28. The van der Waals surface area contributed by atoms with Crippen molar-refractivity contribution in [2.75, 3.05) is 37.3 Å². The number of nitrogen functional groups attached to an aromatic ring is 1. The van der Waals surface area contributed by atoms with E-state index in [-0.39, 0.29) is 0 Å². The molecule has 0 radical (unpaired) electrons. The first-order chi connectivity index (χ1) is 18.1. The number of hydrogen-bond acceptors (Lipinski definition) is 7. The van der Waals surface area contributed by atoms with Gasteiger partial charge in [0.2, 0.25) is 5.95 Å². The molecule has 0 aliphatic carbocycles. The Morgan fingerprint density at radius 1 is 0.973 bits per heavy atom. The zero-order chi connectivity index (χ0) is 25.6. The minimum Gasteiger partial charge on any atom is -0.492 e. The number of nitrogens with zero attached hydrogens (tertiary/aromatic N) is 5. The molecule has 0 fully saturated rings. The van der Waals surface area contributed by atoms with Crippen LogP contribution in [0.25, 0.3) is 28.0 Å². The summed E-state index contributed by atoms with van der Waals surface area (Å²) in [5, 5.41) is 8.16. The van der Waals surface area contributed by atoms with Crippen molar-refractivity contribution in [2.24, 2.45) is 0 Å². The van der Waals surface area contributed by atoms with Gasteiger partial charge in [-0.2, -0.15) is 5.10 Å². The van der Waals surface area contributed by atoms with Crippen LogP contribution >= 0.6 is 0 Å². The third kappa shape index (κ3) is 5.54. The van der Waals surface area contributed by atoms with Gasteiger partial charge >= 0.3 is 0 Å². The molecule has 0 spiro atoms. The van der Waals surface area contributed by atoms with E-state index in [1.165, 1.54) is 0 Å². The van der Waals surface area contributed by atoms with E-state index in [9.17, 15) is 0 Å². The normalized spacial score (nSPS) is 11.2. The number of ether oxygens (including phenoxy) is 1. The number of benzene rings is 2. The number of aromatic nitrogens is 4. The van der Waals surface area contributed by atoms with Crippen LogP contribution < -0.4 is 15.8 Å². The van der Waals surface area contributed by atoms with Crippen molar-refractivity contribution in [3.63, 3.8) is 0 Å². The lowest BCUT2D eigenvalue weighted by molar-refractivity contribution is 0.223. The summed E-state index contributed by atoms with van der Waals surface area (Å²) in [5.41, 5.74) is 12.0. The molecule has 0 saturated heterocycles. The van der Waals surface area contributed by atoms with Gasteiger partial charge in [-0.05, 0) is 55.6 Å². The van der Waals surface area contributed by atoms with Crippen molar-refractivity contribution in [3.8, 4) is 28.3 Å². The summed E-state index contributed by atoms with van der Waals surface area (Å²) in [6.07, 6.45) is 3.69. The maximum atomic E-state index is 6.08. The van der Waals surface area contributed by atoms with Gasteiger partial charge in [0.25, 0.3) is 0 Å². The molecule has 0 bridgehead atoms. The summed E-state index contributed by atoms with van der Waals surface area (Å²) in [5.74, 6) is 1.30. The Balaban J connectivity index is 1.42. The highest BCUT2D eigenvalue weighted by Gasteiger charge is 2.18. The molecule has 0 atom stereocenters. The third-order valence-corrected chi connectivity index (χ3v) is 6.27. The fraction of sp³-hybridized carbons (Fsp3) is 0.207. The van der Waals surface area contributed by atoms with E-state index in [0.717, 1.165) is 59.1 Å². The fourth-order valence-electron chi connectivity index (χ4n) is 4.32. The standard InChI is InChI=1S/C29H31N7O/c1-3-35(4-2)17-18-37-24-12-8-11-23(20-24)32-29-31-15-14-25(33-29)27-26-13-5-6-16-36(26)34-28(27)21-9-7-10-22(30)19-21/h5-16,19-20H,3-4,17-18,30H2,1-2H3,(H,31,32,33). The van der Waals surface area contributed by atoms with Gasteiger partial charge in [0.1, 0.15) is 18.1 Å². The van der Waals surface area contributed by atoms with Crippen LogP contribution in [0.4, 0.5) is 17.3 Å². The van der Waals surface area contributed by atoms with Gasteiger partial charge in [-0.25, -0.2) is 14.5 Å². The molecular formula is C29H31N7O. The van der Waals surface area contributed by atoms with Crippen molar-refractivity contribution in [3.05, 3.63) is 85.2 Å². The molecule has 0 aliphatic heterocycles. The molecule has 37 heavy (non-hydrogen) atoms. The van der Waals surface area contributed by atoms with E-state index in [4.69, 9.17) is 20.6 Å². The number of rotatable bonds is 10. The number of anilines is 3. The Morgan fingerprint density at radius 3 is 2.68 bits per heavy atom. The lowest BCUT2D eigenvalue weighted by Crippen LogP contribution is -2.27. The summed E-state index contributed by atoms with van der Waals surface area (Å²) >= 11 is 0. The Morgan fingerprint density at radius 2 is 1.84 bits per heavy atom. The van der Waals surface area contributed by atoms with Crippen molar-refractivity contribution >= 4 is 22.8 Å². The number of fused-ring (bicyclic) bond motifs is 1. The van der Waals surface area contributed by atoms with Crippen molar-refractivity contribution < 1.29 is 4.74 Å². The van der Waals surface area contributed by atoms with Crippen molar-refractivity contribution in [2.45, 2.75) is 13.8 Å². The first-order valence-corrected chi connectivity index (χ1v) is 12.5. The smallest absolute Gasteiger partial charge is 0.227 e. The van der Waals surface area contributed by atoms with E-state index in [1.807, 2.05) is 83.5 Å². The van der Waals surface area contributed by atoms with Gasteiger partial charge in [0, 0.05) is 41.9 Å². The molecular weight excluding hydrogens is 462 g/mol. The second-order valence-electron chi connectivity index (χ2n) is 8.67. The average Bonchev–Trinajstić information content (AvgIpc) is 3.31. The highest BCUT2D eigenvalue weighted by atomic mass is 16.5. The van der Waals surface area contributed by atoms with Crippen LogP contribution in [-0.2, 0) is 0 Å². The van der Waals surface area contributed by atoms with E-state index < -0.39 is 0 Å². The first-order valence-electron chi connectivity index (χ1n) is 12.5. The second-order valence-corrected chi connectivity index (χ2v) is 8.67. The number of hydrogen-bond donors (Lipinski definition) is 2. The van der Waals surface area contributed by atoms with E-state index in [0.29, 0.717) is 18.2 Å². The van der Waals surface area contributed by atoms with E-state index in [2.05, 4.69) is 29.0 Å². The van der Waals surface area contributed by atoms with E-state index in [1.54, 1.807) is 6.20 Å². The average molecular weight is 494 g/mol. The van der Waals surface area contributed by atoms with Gasteiger partial charge in [0.05, 0.1) is 16.8 Å². The fourth-order valence-corrected chi connectivity index (χ4v) is 4.32. The van der Waals surface area contributed by atoms with Crippen LogP contribution in [0.15, 0.2) is 85.2 Å². The maximum Gasteiger partial charge on any atom is 0.227 e. The van der Waals surface area contributed by atoms with Crippen LogP contribution in [0, 0.1) is 0 Å². The lowest BCUT2D eigenvalue weighted by Gasteiger charge is -2.18. The van der Waals surface area contributed by atoms with Crippen LogP contribution in [0.2, 0.25) is 0 Å². The minimum absolute atomic E-state index is 0.492. The molecule has 0 saturated carbocycles. The quantitative estimate of drug-likeness (QED) is 0.248. The first kappa shape index (κ1) is 24.3. The van der Waals surface area contributed by atoms with Crippen molar-refractivity contribution in [1.29, 1.82) is 0 Å². The molecule has 0 aliphatic rings. The zero-order valence-electron chi connectivity index (χ0n) is 21.1. The molecule has 3 heterocycles. The third-order valence-electron chi connectivity index (χ3n) is 6.27. The number of likely N-dealkylation sites (N-methyl/N-ethyl adjacent to an activating group) is 1. The predicted octanol–water partition coefficient (Wildman–Crippen LogP) is 5.50. The van der Waals surface area contributed by atoms with Crippen LogP contribution in [0.5, 0.6) is 5.75 Å². The summed E-state index contributed by atoms with van der Waals surface area (Å²) in [6.45, 7) is 7.88. The highest BCUT2D eigenvalue weighted by Crippen LogP contribution is 2.35. The number of pyridine rings is 1. The second kappa shape index (κ2) is 11.1. The summed E-state index contributed by atoms with van der Waals surface area (Å²) < 4.78 is 7.84. The Labute approximate surface area is 216 Å². The molecule has 2 aromatic carbocycles. The largest absolute Gasteiger partial charge is 0.492 e. The summed E-state index contributed by atoms with van der Waals surface area (Å²) in [7, 11) is 0. The molecule has 0 amide bonds. The monoisotopic (exact) mass is 493 g/mol. The van der Waals surface area contributed by atoms with Crippen LogP contribution in [0.1, 0.15) is 13.8 Å². The Hall–Kier alpha value is -4.43. The summed E-state index contributed by atoms with van der Waals surface area (Å²) in [4.78, 5) is 11.6. The van der Waals surface area contributed by atoms with E-state index >= 15 is 0 Å². The Bertz CT molecular complexity index is 1490. The van der Waals surface area contributed by atoms with Gasteiger partial charge in [0.15, 0.2) is 0 Å². The molecule has 3 N–H and O–H groups in total. The molecule has 3 aromatic heterocycles. The minimum atomic E-state index is 0.492. The van der Waals surface area contributed by atoms with Gasteiger partial charge < -0.3 is 20.7 Å². The van der Waals surface area contributed by atoms with Gasteiger partial charge in [-0.3, -0.25) is 0 Å². The molecule has 8 heteroatoms. The van der Waals surface area contributed by atoms with Crippen LogP contribution in [-0.4, -0.2) is 50.7 Å². The molecule has 8 nitrogen and oxygen atoms in total. The maximum absolute atomic E-state index is 6.08. The predicted molar refractivity (Wildman–Crippen MR) is 149 cm³/mol. The number of nitrogens with two attached hydrogens (primary N) is 1. The lowest BCUT2D eigenvalue weighted by atomic mass is 10.0. The number of nitrogens with one attached hydrogen (secondary N) is 1. The van der Waals surface area contributed by atoms with Crippen molar-refractivity contribution in [1.82, 2.24) is 24.5 Å². The molecule has 5 aromatic rings. The molecule has 188 valence electrons. The SMILES string of the molecule is CCN(CC)CCOc1cccc(Nc2nccc(-c3c(-c4cccc(N)c4)nn4ccccc34)n2)c1. The molecule has 0 unspecified atom stereocenters.